The van der Waals surface area contributed by atoms with Gasteiger partial charge in [-0.05, 0) is 68.7 Å². The Morgan fingerprint density at radius 3 is 2.27 bits per heavy atom. The lowest BCUT2D eigenvalue weighted by Crippen LogP contribution is -2.50. The van der Waals surface area contributed by atoms with Gasteiger partial charge >= 0.3 is 12.2 Å². The Kier molecular flexibility index (Phi) is 8.42. The van der Waals surface area contributed by atoms with Crippen LogP contribution in [0.1, 0.15) is 57.7 Å². The van der Waals surface area contributed by atoms with Gasteiger partial charge in [-0.15, -0.1) is 0 Å². The van der Waals surface area contributed by atoms with Crippen molar-refractivity contribution in [2.24, 2.45) is 0 Å². The molecule has 0 radical (unpaired) electrons. The van der Waals surface area contributed by atoms with Crippen molar-refractivity contribution in [2.45, 2.75) is 57.8 Å². The molecule has 0 aromatic heterocycles. The van der Waals surface area contributed by atoms with E-state index in [0.717, 1.165) is 11.6 Å². The molecule has 0 bridgehead atoms. The Morgan fingerprint density at radius 1 is 1.02 bits per heavy atom. The van der Waals surface area contributed by atoms with E-state index < -0.39 is 40.8 Å². The van der Waals surface area contributed by atoms with E-state index in [9.17, 15) is 22.8 Å². The Bertz CT molecular complexity index is 1360. The van der Waals surface area contributed by atoms with Crippen LogP contribution < -0.4 is 5.32 Å². The third kappa shape index (κ3) is 6.76. The number of benzene rings is 3. The topological polar surface area (TPSA) is 67.9 Å². The molecule has 1 saturated heterocycles. The summed E-state index contributed by atoms with van der Waals surface area (Å²) in [5.41, 5.74) is 0.581. The van der Waals surface area contributed by atoms with Gasteiger partial charge in [-0.1, -0.05) is 36.4 Å². The van der Waals surface area contributed by atoms with Crippen LogP contribution in [0.15, 0.2) is 66.7 Å². The molecular weight excluding hydrogens is 521 g/mol. The van der Waals surface area contributed by atoms with E-state index in [1.807, 2.05) is 6.92 Å². The lowest BCUT2D eigenvalue weighted by molar-refractivity contribution is -0.0650. The predicted molar refractivity (Wildman–Crippen MR) is 145 cm³/mol. The molecule has 0 spiro atoms. The van der Waals surface area contributed by atoms with Crippen molar-refractivity contribution in [1.82, 2.24) is 10.2 Å². The summed E-state index contributed by atoms with van der Waals surface area (Å²) in [4.78, 5) is 27.1. The number of hydrogen-bond donors (Lipinski definition) is 1. The van der Waals surface area contributed by atoms with Crippen molar-refractivity contribution >= 4 is 12.2 Å². The molecule has 1 fully saturated rings. The van der Waals surface area contributed by atoms with E-state index in [4.69, 9.17) is 9.47 Å². The van der Waals surface area contributed by atoms with Gasteiger partial charge in [-0.3, -0.25) is 0 Å². The summed E-state index contributed by atoms with van der Waals surface area (Å²) in [6, 6.07) is 15.9. The third-order valence-electron chi connectivity index (χ3n) is 6.94. The summed E-state index contributed by atoms with van der Waals surface area (Å²) < 4.78 is 52.5. The minimum Gasteiger partial charge on any atom is -0.444 e. The maximum atomic E-state index is 14.2. The highest BCUT2D eigenvalue weighted by molar-refractivity contribution is 5.71. The smallest absolute Gasteiger partial charge is 0.411 e. The number of alkyl carbamates (subject to hydrolysis) is 1. The summed E-state index contributed by atoms with van der Waals surface area (Å²) in [7, 11) is 0. The van der Waals surface area contributed by atoms with Crippen LogP contribution in [0.25, 0.3) is 11.1 Å². The van der Waals surface area contributed by atoms with Gasteiger partial charge in [0, 0.05) is 37.6 Å². The van der Waals surface area contributed by atoms with E-state index in [1.165, 1.54) is 24.3 Å². The molecule has 0 aliphatic carbocycles. The molecule has 1 unspecified atom stereocenters. The number of nitrogens with zero attached hydrogens (tertiary/aromatic N) is 1. The van der Waals surface area contributed by atoms with Crippen molar-refractivity contribution in [1.29, 1.82) is 0 Å². The largest absolute Gasteiger partial charge is 0.444 e. The molecule has 1 heterocycles. The first-order valence-corrected chi connectivity index (χ1v) is 13.1. The van der Waals surface area contributed by atoms with Crippen molar-refractivity contribution < 1.29 is 32.2 Å². The van der Waals surface area contributed by atoms with E-state index in [1.54, 1.807) is 62.1 Å². The highest BCUT2D eigenvalue weighted by atomic mass is 19.1. The summed E-state index contributed by atoms with van der Waals surface area (Å²) >= 11 is 0. The Balaban J connectivity index is 1.48. The molecule has 2 amide bonds. The van der Waals surface area contributed by atoms with E-state index in [2.05, 4.69) is 5.32 Å². The maximum Gasteiger partial charge on any atom is 0.411 e. The number of cyclic esters (lactones) is 1. The zero-order valence-electron chi connectivity index (χ0n) is 23.0. The number of hydrogen-bond acceptors (Lipinski definition) is 4. The fourth-order valence-corrected chi connectivity index (χ4v) is 4.82. The van der Waals surface area contributed by atoms with Crippen LogP contribution >= 0.6 is 0 Å². The molecule has 212 valence electrons. The van der Waals surface area contributed by atoms with E-state index in [0.29, 0.717) is 24.1 Å². The zero-order chi connectivity index (χ0) is 29.1. The fourth-order valence-electron chi connectivity index (χ4n) is 4.82. The number of amides is 2. The first-order chi connectivity index (χ1) is 18.9. The second-order valence-electron chi connectivity index (χ2n) is 10.9. The van der Waals surface area contributed by atoms with Crippen LogP contribution in [0.3, 0.4) is 0 Å². The summed E-state index contributed by atoms with van der Waals surface area (Å²) in [5, 5.41) is 2.71. The fraction of sp³-hybridized carbons (Fsp3) is 0.355. The average molecular weight is 555 g/mol. The molecule has 3 aromatic rings. The first kappa shape index (κ1) is 29.0. The van der Waals surface area contributed by atoms with Crippen LogP contribution in [0.4, 0.5) is 22.8 Å². The highest BCUT2D eigenvalue weighted by Gasteiger charge is 2.43. The Hall–Kier alpha value is -4.01. The predicted octanol–water partition coefficient (Wildman–Crippen LogP) is 7.48. The van der Waals surface area contributed by atoms with Gasteiger partial charge in [-0.2, -0.15) is 0 Å². The van der Waals surface area contributed by atoms with Gasteiger partial charge in [0.2, 0.25) is 0 Å². The second kappa shape index (κ2) is 11.6. The van der Waals surface area contributed by atoms with Crippen molar-refractivity contribution in [2.75, 3.05) is 13.1 Å². The lowest BCUT2D eigenvalue weighted by atomic mass is 9.85. The SMILES string of the molecule is C[C@@H](c1ccc(-c2ccc(F)cc2F)cc1)N1CCC(CCNC(=O)OC(C)(C)C)(c2ccc(F)cc2)OC1=O. The quantitative estimate of drug-likeness (QED) is 0.329. The average Bonchev–Trinajstić information content (AvgIpc) is 2.88. The maximum absolute atomic E-state index is 14.2. The molecule has 6 nitrogen and oxygen atoms in total. The number of carbonyl (C=O) groups excluding carboxylic acids is 2. The van der Waals surface area contributed by atoms with Crippen LogP contribution in [0, 0.1) is 17.5 Å². The van der Waals surface area contributed by atoms with Crippen molar-refractivity contribution in [3.8, 4) is 11.1 Å². The van der Waals surface area contributed by atoms with Crippen LogP contribution in [-0.2, 0) is 15.1 Å². The Morgan fingerprint density at radius 2 is 1.68 bits per heavy atom. The van der Waals surface area contributed by atoms with Gasteiger partial charge in [-0.25, -0.2) is 22.8 Å². The van der Waals surface area contributed by atoms with E-state index >= 15 is 0 Å². The van der Waals surface area contributed by atoms with Crippen molar-refractivity contribution in [3.05, 3.63) is 95.3 Å². The molecular formula is C31H33F3N2O4. The van der Waals surface area contributed by atoms with Crippen LogP contribution in [0.2, 0.25) is 0 Å². The standard InChI is InChI=1S/C31H33F3N2O4/c1-20(21-5-7-22(8-6-21)26-14-13-25(33)19-27(26)34)36-18-16-31(40-29(36)38,23-9-11-24(32)12-10-23)15-17-35-28(37)39-30(2,3)4/h5-14,19-20H,15-18H2,1-4H3,(H,35,37)/t20-,31?/m0/s1. The zero-order valence-corrected chi connectivity index (χ0v) is 23.0. The lowest BCUT2D eigenvalue weighted by Gasteiger charge is -2.43. The molecule has 40 heavy (non-hydrogen) atoms. The summed E-state index contributed by atoms with van der Waals surface area (Å²) in [5.74, 6) is -1.71. The van der Waals surface area contributed by atoms with E-state index in [-0.39, 0.29) is 24.6 Å². The highest BCUT2D eigenvalue weighted by Crippen LogP contribution is 2.40. The third-order valence-corrected chi connectivity index (χ3v) is 6.94. The molecule has 2 atom stereocenters. The van der Waals surface area contributed by atoms with Crippen LogP contribution in [-0.4, -0.2) is 35.8 Å². The molecule has 0 saturated carbocycles. The first-order valence-electron chi connectivity index (χ1n) is 13.1. The van der Waals surface area contributed by atoms with Crippen molar-refractivity contribution in [3.63, 3.8) is 0 Å². The molecule has 9 heteroatoms. The monoisotopic (exact) mass is 554 g/mol. The molecule has 1 N–H and O–H groups in total. The molecule has 3 aromatic carbocycles. The van der Waals surface area contributed by atoms with Gasteiger partial charge in [0.1, 0.15) is 28.7 Å². The Labute approximate surface area is 232 Å². The molecule has 4 rings (SSSR count). The number of halogens is 3. The van der Waals surface area contributed by atoms with Gasteiger partial charge in [0.05, 0.1) is 6.04 Å². The normalized spacial score (nSPS) is 18.2. The number of nitrogens with one attached hydrogen (secondary N) is 1. The minimum atomic E-state index is -1.07. The minimum absolute atomic E-state index is 0.177. The second-order valence-corrected chi connectivity index (χ2v) is 10.9. The summed E-state index contributed by atoms with van der Waals surface area (Å²) in [6.45, 7) is 7.68. The molecule has 1 aliphatic rings. The van der Waals surface area contributed by atoms with Gasteiger partial charge < -0.3 is 19.7 Å². The van der Waals surface area contributed by atoms with Gasteiger partial charge in [0.15, 0.2) is 0 Å². The summed E-state index contributed by atoms with van der Waals surface area (Å²) in [6.07, 6.45) is -0.454. The number of ether oxygens (including phenoxy) is 2. The number of rotatable bonds is 7. The number of carbonyl (C=O) groups is 2. The molecule has 1 aliphatic heterocycles. The van der Waals surface area contributed by atoms with Gasteiger partial charge in [0.25, 0.3) is 0 Å². The van der Waals surface area contributed by atoms with Crippen LogP contribution in [0.5, 0.6) is 0 Å².